The minimum atomic E-state index is -4.41. The van der Waals surface area contributed by atoms with Crippen LogP contribution in [-0.2, 0) is 6.18 Å². The van der Waals surface area contributed by atoms with Crippen LogP contribution in [0, 0.1) is 12.8 Å². The lowest BCUT2D eigenvalue weighted by molar-refractivity contribution is -0.138. The number of hydrogen-bond donors (Lipinski definition) is 0. The van der Waals surface area contributed by atoms with Crippen LogP contribution >= 0.6 is 0 Å². The highest BCUT2D eigenvalue weighted by molar-refractivity contribution is 5.99. The molecule has 18 heavy (non-hydrogen) atoms. The van der Waals surface area contributed by atoms with E-state index in [4.69, 9.17) is 0 Å². The molecule has 0 fully saturated rings. The molecule has 0 saturated heterocycles. The molecular formula is C14H17F3O. The van der Waals surface area contributed by atoms with Gasteiger partial charge in [-0.05, 0) is 25.0 Å². The van der Waals surface area contributed by atoms with Crippen molar-refractivity contribution in [3.05, 3.63) is 34.9 Å². The van der Waals surface area contributed by atoms with Crippen LogP contribution in [0.4, 0.5) is 13.2 Å². The van der Waals surface area contributed by atoms with Crippen molar-refractivity contribution in [3.63, 3.8) is 0 Å². The lowest BCUT2D eigenvalue weighted by Gasteiger charge is -2.15. The van der Waals surface area contributed by atoms with E-state index in [-0.39, 0.29) is 22.8 Å². The first-order valence-electron chi connectivity index (χ1n) is 6.00. The van der Waals surface area contributed by atoms with Gasteiger partial charge in [-0.1, -0.05) is 32.4 Å². The van der Waals surface area contributed by atoms with E-state index in [0.29, 0.717) is 6.42 Å². The Labute approximate surface area is 105 Å². The maximum atomic E-state index is 12.7. The molecule has 1 aromatic carbocycles. The van der Waals surface area contributed by atoms with E-state index in [2.05, 4.69) is 0 Å². The average Bonchev–Trinajstić information content (AvgIpc) is 2.27. The number of Topliss-reactive ketones (excluding diaryl/α,β-unsaturated/α-hetero) is 1. The Kier molecular flexibility index (Phi) is 4.54. The molecule has 0 heterocycles. The molecule has 0 saturated carbocycles. The third-order valence-electron chi connectivity index (χ3n) is 3.07. The smallest absolute Gasteiger partial charge is 0.294 e. The first-order chi connectivity index (χ1) is 8.29. The average molecular weight is 258 g/mol. The van der Waals surface area contributed by atoms with E-state index in [1.807, 2.05) is 6.92 Å². The lowest BCUT2D eigenvalue weighted by Crippen LogP contribution is -2.16. The van der Waals surface area contributed by atoms with Gasteiger partial charge < -0.3 is 0 Å². The van der Waals surface area contributed by atoms with Crippen LogP contribution in [0.2, 0.25) is 0 Å². The second-order valence-corrected chi connectivity index (χ2v) is 4.53. The van der Waals surface area contributed by atoms with Gasteiger partial charge in [-0.2, -0.15) is 13.2 Å². The fraction of sp³-hybridized carbons (Fsp3) is 0.500. The summed E-state index contributed by atoms with van der Waals surface area (Å²) in [5, 5.41) is 0. The topological polar surface area (TPSA) is 17.1 Å². The van der Waals surface area contributed by atoms with Crippen molar-refractivity contribution in [3.8, 4) is 0 Å². The fourth-order valence-corrected chi connectivity index (χ4v) is 2.04. The third kappa shape index (κ3) is 3.12. The Morgan fingerprint density at radius 1 is 1.33 bits per heavy atom. The van der Waals surface area contributed by atoms with Gasteiger partial charge >= 0.3 is 6.18 Å². The summed E-state index contributed by atoms with van der Waals surface area (Å²) < 4.78 is 38.2. The minimum absolute atomic E-state index is 0.0259. The molecule has 0 radical (unpaired) electrons. The molecule has 1 aromatic rings. The lowest BCUT2D eigenvalue weighted by atomic mass is 9.91. The second kappa shape index (κ2) is 5.55. The van der Waals surface area contributed by atoms with E-state index < -0.39 is 11.7 Å². The molecule has 100 valence electrons. The van der Waals surface area contributed by atoms with Crippen molar-refractivity contribution in [1.82, 2.24) is 0 Å². The van der Waals surface area contributed by atoms with Gasteiger partial charge in [0, 0.05) is 11.5 Å². The van der Waals surface area contributed by atoms with Crippen LogP contribution in [0.25, 0.3) is 0 Å². The van der Waals surface area contributed by atoms with Crippen LogP contribution in [0.5, 0.6) is 0 Å². The summed E-state index contributed by atoms with van der Waals surface area (Å²) >= 11 is 0. The zero-order valence-corrected chi connectivity index (χ0v) is 10.8. The number of benzene rings is 1. The Morgan fingerprint density at radius 2 is 1.94 bits per heavy atom. The highest BCUT2D eigenvalue weighted by Gasteiger charge is 2.33. The Morgan fingerprint density at radius 3 is 2.44 bits per heavy atom. The monoisotopic (exact) mass is 258 g/mol. The summed E-state index contributed by atoms with van der Waals surface area (Å²) in [4.78, 5) is 12.1. The highest BCUT2D eigenvalue weighted by atomic mass is 19.4. The first-order valence-corrected chi connectivity index (χ1v) is 6.00. The Hall–Kier alpha value is -1.32. The van der Waals surface area contributed by atoms with Crippen molar-refractivity contribution < 1.29 is 18.0 Å². The molecule has 0 aromatic heterocycles. The first kappa shape index (κ1) is 14.7. The van der Waals surface area contributed by atoms with Crippen molar-refractivity contribution in [2.45, 2.75) is 39.8 Å². The molecular weight excluding hydrogens is 241 g/mol. The molecule has 1 atom stereocenters. The number of carbonyl (C=O) groups excluding carboxylic acids is 1. The zero-order valence-electron chi connectivity index (χ0n) is 10.8. The maximum Gasteiger partial charge on any atom is 0.416 e. The number of rotatable bonds is 4. The SMILES string of the molecule is CCCC(C)C(=O)c1cccc(C(F)(F)F)c1C. The van der Waals surface area contributed by atoms with E-state index >= 15 is 0 Å². The van der Waals surface area contributed by atoms with E-state index in [9.17, 15) is 18.0 Å². The summed E-state index contributed by atoms with van der Waals surface area (Å²) in [7, 11) is 0. The molecule has 0 spiro atoms. The van der Waals surface area contributed by atoms with Crippen LogP contribution in [0.1, 0.15) is 48.2 Å². The van der Waals surface area contributed by atoms with Gasteiger partial charge in [0.05, 0.1) is 5.56 Å². The van der Waals surface area contributed by atoms with Crippen molar-refractivity contribution in [2.24, 2.45) is 5.92 Å². The summed E-state index contributed by atoms with van der Waals surface area (Å²) in [6.45, 7) is 5.06. The molecule has 0 aliphatic heterocycles. The zero-order chi connectivity index (χ0) is 13.9. The normalized spacial score (nSPS) is 13.4. The van der Waals surface area contributed by atoms with Crippen LogP contribution in [0.3, 0.4) is 0 Å². The number of alkyl halides is 3. The third-order valence-corrected chi connectivity index (χ3v) is 3.07. The number of hydrogen-bond acceptors (Lipinski definition) is 1. The van der Waals surface area contributed by atoms with Crippen LogP contribution < -0.4 is 0 Å². The highest BCUT2D eigenvalue weighted by Crippen LogP contribution is 2.33. The minimum Gasteiger partial charge on any atom is -0.294 e. The Balaban J connectivity index is 3.15. The fourth-order valence-electron chi connectivity index (χ4n) is 2.04. The number of ketones is 1. The predicted molar refractivity (Wildman–Crippen MR) is 64.6 cm³/mol. The maximum absolute atomic E-state index is 12.7. The summed E-state index contributed by atoms with van der Waals surface area (Å²) in [6.07, 6.45) is -2.88. The molecule has 0 aliphatic rings. The second-order valence-electron chi connectivity index (χ2n) is 4.53. The molecule has 4 heteroatoms. The van der Waals surface area contributed by atoms with Crippen LogP contribution in [-0.4, -0.2) is 5.78 Å². The van der Waals surface area contributed by atoms with Gasteiger partial charge in [-0.3, -0.25) is 4.79 Å². The van der Waals surface area contributed by atoms with Gasteiger partial charge in [-0.15, -0.1) is 0 Å². The summed E-state index contributed by atoms with van der Waals surface area (Å²) in [5.74, 6) is -0.447. The van der Waals surface area contributed by atoms with Gasteiger partial charge in [0.1, 0.15) is 0 Å². The van der Waals surface area contributed by atoms with Crippen molar-refractivity contribution in [2.75, 3.05) is 0 Å². The molecule has 1 nitrogen and oxygen atoms in total. The predicted octanol–water partition coefficient (Wildman–Crippen LogP) is 4.63. The van der Waals surface area contributed by atoms with Gasteiger partial charge in [0.25, 0.3) is 0 Å². The number of halogens is 3. The summed E-state index contributed by atoms with van der Waals surface area (Å²) in [6, 6.07) is 3.78. The molecule has 1 rings (SSSR count). The quantitative estimate of drug-likeness (QED) is 0.719. The molecule has 0 N–H and O–H groups in total. The standard InChI is InChI=1S/C14H17F3O/c1-4-6-9(2)13(18)11-7-5-8-12(10(11)3)14(15,16)17/h5,7-9H,4,6H2,1-3H3. The van der Waals surface area contributed by atoms with Crippen molar-refractivity contribution in [1.29, 1.82) is 0 Å². The number of carbonyl (C=O) groups is 1. The molecule has 0 amide bonds. The molecule has 0 aliphatic carbocycles. The van der Waals surface area contributed by atoms with E-state index in [1.54, 1.807) is 6.92 Å². The van der Waals surface area contributed by atoms with Gasteiger partial charge in [-0.25, -0.2) is 0 Å². The molecule has 1 unspecified atom stereocenters. The van der Waals surface area contributed by atoms with Crippen LogP contribution in [0.15, 0.2) is 18.2 Å². The van der Waals surface area contributed by atoms with Crippen molar-refractivity contribution >= 4 is 5.78 Å². The largest absolute Gasteiger partial charge is 0.416 e. The van der Waals surface area contributed by atoms with E-state index in [1.165, 1.54) is 19.1 Å². The summed E-state index contributed by atoms with van der Waals surface area (Å²) in [5.41, 5.74) is -0.513. The molecule has 0 bridgehead atoms. The Bertz CT molecular complexity index is 435. The van der Waals surface area contributed by atoms with Gasteiger partial charge in [0.15, 0.2) is 5.78 Å². The van der Waals surface area contributed by atoms with E-state index in [0.717, 1.165) is 12.5 Å². The van der Waals surface area contributed by atoms with Gasteiger partial charge in [0.2, 0.25) is 0 Å².